The van der Waals surface area contributed by atoms with Gasteiger partial charge < -0.3 is 5.11 Å². The van der Waals surface area contributed by atoms with Crippen molar-refractivity contribution in [1.29, 1.82) is 5.26 Å². The van der Waals surface area contributed by atoms with E-state index < -0.39 is 16.0 Å². The number of carboxylic acids is 1. The van der Waals surface area contributed by atoms with Crippen molar-refractivity contribution in [2.45, 2.75) is 49.6 Å². The quantitative estimate of drug-likeness (QED) is 0.710. The zero-order chi connectivity index (χ0) is 18.9. The van der Waals surface area contributed by atoms with E-state index in [1.165, 1.54) is 6.07 Å². The zero-order valence-corrected chi connectivity index (χ0v) is 15.5. The summed E-state index contributed by atoms with van der Waals surface area (Å²) in [7, 11) is -3.78. The fourth-order valence-corrected chi connectivity index (χ4v) is 4.91. The topological polar surface area (TPSA) is 110 Å². The standard InChI is InChI=1S/C18H23N3O4S/c1-12-3-2-4-17(16(12)9-19)26(24,25)20-14-7-15(8-14)21(11-18(22)23)10-13-5-6-13/h2-4,13-15,20H,5-8,10-11H2,1H3,(H,22,23). The highest BCUT2D eigenvalue weighted by atomic mass is 32.2. The van der Waals surface area contributed by atoms with Gasteiger partial charge in [0.15, 0.2) is 0 Å². The maximum absolute atomic E-state index is 12.6. The molecule has 0 atom stereocenters. The first-order valence-corrected chi connectivity index (χ1v) is 10.3. The van der Waals surface area contributed by atoms with E-state index in [4.69, 9.17) is 5.11 Å². The molecular formula is C18H23N3O4S. The van der Waals surface area contributed by atoms with Gasteiger partial charge in [-0.2, -0.15) is 5.26 Å². The number of nitrogens with one attached hydrogen (secondary N) is 1. The molecule has 1 aromatic rings. The van der Waals surface area contributed by atoms with E-state index in [9.17, 15) is 18.5 Å². The SMILES string of the molecule is Cc1cccc(S(=O)(=O)NC2CC(N(CC(=O)O)CC3CC3)C2)c1C#N. The van der Waals surface area contributed by atoms with Crippen LogP contribution in [0.25, 0.3) is 0 Å². The average molecular weight is 377 g/mol. The molecule has 2 aliphatic rings. The van der Waals surface area contributed by atoms with Crippen molar-refractivity contribution < 1.29 is 18.3 Å². The van der Waals surface area contributed by atoms with E-state index >= 15 is 0 Å². The lowest BCUT2D eigenvalue weighted by Gasteiger charge is -2.42. The predicted octanol–water partition coefficient (Wildman–Crippen LogP) is 1.47. The number of hydrogen-bond acceptors (Lipinski definition) is 5. The second kappa shape index (κ2) is 7.35. The van der Waals surface area contributed by atoms with Gasteiger partial charge in [-0.15, -0.1) is 0 Å². The first-order chi connectivity index (χ1) is 12.3. The molecule has 2 N–H and O–H groups in total. The van der Waals surface area contributed by atoms with Gasteiger partial charge in [-0.05, 0) is 50.2 Å². The largest absolute Gasteiger partial charge is 0.480 e. The third-order valence-electron chi connectivity index (χ3n) is 5.12. The molecule has 0 radical (unpaired) electrons. The van der Waals surface area contributed by atoms with Crippen LogP contribution in [0.5, 0.6) is 0 Å². The summed E-state index contributed by atoms with van der Waals surface area (Å²) in [4.78, 5) is 13.0. The molecule has 8 heteroatoms. The number of carbonyl (C=O) groups is 1. The molecule has 2 fully saturated rings. The Morgan fingerprint density at radius 3 is 2.65 bits per heavy atom. The van der Waals surface area contributed by atoms with Gasteiger partial charge in [0.05, 0.1) is 12.1 Å². The number of aryl methyl sites for hydroxylation is 1. The minimum Gasteiger partial charge on any atom is -0.480 e. The van der Waals surface area contributed by atoms with Crippen LogP contribution in [0.3, 0.4) is 0 Å². The molecule has 0 heterocycles. The van der Waals surface area contributed by atoms with Crippen LogP contribution in [-0.2, 0) is 14.8 Å². The Morgan fingerprint density at radius 1 is 1.38 bits per heavy atom. The van der Waals surface area contributed by atoms with Crippen molar-refractivity contribution in [3.05, 3.63) is 29.3 Å². The Morgan fingerprint density at radius 2 is 2.08 bits per heavy atom. The summed E-state index contributed by atoms with van der Waals surface area (Å²) in [6.07, 6.45) is 3.46. The summed E-state index contributed by atoms with van der Waals surface area (Å²) in [6, 6.07) is 6.59. The molecule has 3 rings (SSSR count). The van der Waals surface area contributed by atoms with Gasteiger partial charge in [0, 0.05) is 18.6 Å². The normalized spacial score (nSPS) is 22.7. The highest BCUT2D eigenvalue weighted by Gasteiger charge is 2.39. The van der Waals surface area contributed by atoms with Crippen LogP contribution in [0.15, 0.2) is 23.1 Å². The fourth-order valence-electron chi connectivity index (χ4n) is 3.42. The molecule has 0 saturated heterocycles. The number of aliphatic carboxylic acids is 1. The predicted molar refractivity (Wildman–Crippen MR) is 95.0 cm³/mol. The van der Waals surface area contributed by atoms with Gasteiger partial charge >= 0.3 is 5.97 Å². The zero-order valence-electron chi connectivity index (χ0n) is 14.7. The van der Waals surface area contributed by atoms with E-state index in [1.807, 2.05) is 11.0 Å². The molecule has 1 aromatic carbocycles. The average Bonchev–Trinajstić information content (AvgIpc) is 3.33. The van der Waals surface area contributed by atoms with Gasteiger partial charge in [-0.25, -0.2) is 13.1 Å². The molecule has 26 heavy (non-hydrogen) atoms. The first-order valence-electron chi connectivity index (χ1n) is 8.78. The summed E-state index contributed by atoms with van der Waals surface area (Å²) in [5, 5.41) is 18.3. The molecule has 2 saturated carbocycles. The van der Waals surface area contributed by atoms with Crippen LogP contribution >= 0.6 is 0 Å². The molecule has 0 aliphatic heterocycles. The maximum Gasteiger partial charge on any atom is 0.317 e. The molecule has 140 valence electrons. The Bertz CT molecular complexity index is 836. The van der Waals surface area contributed by atoms with Gasteiger partial charge in [0.2, 0.25) is 10.0 Å². The molecule has 2 aliphatic carbocycles. The minimum absolute atomic E-state index is 0.00288. The van der Waals surface area contributed by atoms with Crippen LogP contribution < -0.4 is 4.72 Å². The van der Waals surface area contributed by atoms with Gasteiger partial charge in [-0.3, -0.25) is 9.69 Å². The van der Waals surface area contributed by atoms with Crippen LogP contribution in [0.4, 0.5) is 0 Å². The van der Waals surface area contributed by atoms with E-state index in [1.54, 1.807) is 19.1 Å². The summed E-state index contributed by atoms with van der Waals surface area (Å²) in [5.74, 6) is -0.274. The molecule has 0 bridgehead atoms. The highest BCUT2D eigenvalue weighted by Crippen LogP contribution is 2.34. The number of carboxylic acid groups (broad SMARTS) is 1. The fraction of sp³-hybridized carbons (Fsp3) is 0.556. The summed E-state index contributed by atoms with van der Waals surface area (Å²) < 4.78 is 27.9. The van der Waals surface area contributed by atoms with Gasteiger partial charge in [0.25, 0.3) is 0 Å². The Kier molecular flexibility index (Phi) is 5.32. The van der Waals surface area contributed by atoms with Crippen LogP contribution in [0.1, 0.15) is 36.8 Å². The number of rotatable bonds is 8. The molecule has 0 amide bonds. The summed E-state index contributed by atoms with van der Waals surface area (Å²) in [6.45, 7) is 2.47. The number of benzene rings is 1. The Labute approximate surface area is 153 Å². The van der Waals surface area contributed by atoms with Crippen molar-refractivity contribution in [2.24, 2.45) is 5.92 Å². The van der Waals surface area contributed by atoms with Crippen molar-refractivity contribution in [2.75, 3.05) is 13.1 Å². The van der Waals surface area contributed by atoms with E-state index in [-0.39, 0.29) is 29.1 Å². The van der Waals surface area contributed by atoms with Crippen molar-refractivity contribution >= 4 is 16.0 Å². The molecule has 0 spiro atoms. The first kappa shape index (κ1) is 18.8. The minimum atomic E-state index is -3.78. The number of nitrogens with zero attached hydrogens (tertiary/aromatic N) is 2. The lowest BCUT2D eigenvalue weighted by Crippen LogP contribution is -2.55. The Hall–Kier alpha value is -1.95. The van der Waals surface area contributed by atoms with Crippen molar-refractivity contribution in [1.82, 2.24) is 9.62 Å². The number of nitriles is 1. The van der Waals surface area contributed by atoms with Crippen LogP contribution in [0.2, 0.25) is 0 Å². The van der Waals surface area contributed by atoms with Crippen LogP contribution in [-0.4, -0.2) is 49.6 Å². The maximum atomic E-state index is 12.6. The van der Waals surface area contributed by atoms with E-state index in [0.29, 0.717) is 24.3 Å². The number of sulfonamides is 1. The summed E-state index contributed by atoms with van der Waals surface area (Å²) in [5.41, 5.74) is 0.788. The second-order valence-corrected chi connectivity index (χ2v) is 8.95. The Balaban J connectivity index is 1.63. The van der Waals surface area contributed by atoms with Gasteiger partial charge in [-0.1, -0.05) is 12.1 Å². The van der Waals surface area contributed by atoms with Crippen molar-refractivity contribution in [3.63, 3.8) is 0 Å². The molecule has 0 aromatic heterocycles. The number of hydrogen-bond donors (Lipinski definition) is 2. The van der Waals surface area contributed by atoms with Gasteiger partial charge in [0.1, 0.15) is 11.0 Å². The monoisotopic (exact) mass is 377 g/mol. The van der Waals surface area contributed by atoms with Crippen LogP contribution in [0, 0.1) is 24.2 Å². The smallest absolute Gasteiger partial charge is 0.317 e. The molecule has 7 nitrogen and oxygen atoms in total. The second-order valence-electron chi connectivity index (χ2n) is 7.27. The van der Waals surface area contributed by atoms with Crippen molar-refractivity contribution in [3.8, 4) is 6.07 Å². The lowest BCUT2D eigenvalue weighted by atomic mass is 9.86. The van der Waals surface area contributed by atoms with E-state index in [2.05, 4.69) is 4.72 Å². The third-order valence-corrected chi connectivity index (χ3v) is 6.68. The molecule has 0 unspecified atom stereocenters. The highest BCUT2D eigenvalue weighted by molar-refractivity contribution is 7.89. The third kappa shape index (κ3) is 4.23. The van der Waals surface area contributed by atoms with E-state index in [0.717, 1.165) is 19.4 Å². The lowest BCUT2D eigenvalue weighted by molar-refractivity contribution is -0.139. The molecular weight excluding hydrogens is 354 g/mol. The summed E-state index contributed by atoms with van der Waals surface area (Å²) >= 11 is 0.